The van der Waals surface area contributed by atoms with E-state index in [1.807, 2.05) is 13.8 Å². The molecule has 0 aromatic carbocycles. The van der Waals surface area contributed by atoms with Crippen LogP contribution in [0.5, 0.6) is 0 Å². The highest BCUT2D eigenvalue weighted by molar-refractivity contribution is 4.74. The second-order valence-corrected chi connectivity index (χ2v) is 7.01. The molecule has 1 heterocycles. The summed E-state index contributed by atoms with van der Waals surface area (Å²) in [6, 6.07) is 0.670. The highest BCUT2D eigenvalue weighted by atomic mass is 16.5. The Labute approximate surface area is 152 Å². The van der Waals surface area contributed by atoms with E-state index >= 15 is 0 Å². The zero-order chi connectivity index (χ0) is 19.0. The van der Waals surface area contributed by atoms with Crippen LogP contribution in [0.25, 0.3) is 0 Å². The predicted molar refractivity (Wildman–Crippen MR) is 107 cm³/mol. The van der Waals surface area contributed by atoms with Crippen LogP contribution < -0.4 is 0 Å². The average molecular weight is 347 g/mol. The minimum atomic E-state index is -0.172. The molecule has 0 amide bonds. The molecule has 0 aromatic heterocycles. The van der Waals surface area contributed by atoms with Crippen molar-refractivity contribution in [2.45, 2.75) is 79.9 Å². The number of piperazine rings is 1. The molecule has 1 rings (SSSR count). The maximum absolute atomic E-state index is 5.87. The van der Waals surface area contributed by atoms with Gasteiger partial charge in [-0.15, -0.1) is 0 Å². The Bertz CT molecular complexity index is 248. The fourth-order valence-corrected chi connectivity index (χ4v) is 2.34. The van der Waals surface area contributed by atoms with Gasteiger partial charge in [0, 0.05) is 45.9 Å². The maximum Gasteiger partial charge on any atom is 0.0859 e. The summed E-state index contributed by atoms with van der Waals surface area (Å²) >= 11 is 0. The molecule has 0 saturated carbocycles. The number of nitrogens with zero attached hydrogens (tertiary/aromatic N) is 2. The van der Waals surface area contributed by atoms with Crippen LogP contribution in [-0.4, -0.2) is 74.5 Å². The number of hydrogen-bond acceptors (Lipinski definition) is 4. The van der Waals surface area contributed by atoms with Crippen molar-refractivity contribution in [3.8, 4) is 0 Å². The molecule has 0 spiro atoms. The molecule has 0 aromatic rings. The van der Waals surface area contributed by atoms with Crippen molar-refractivity contribution in [2.75, 3.05) is 53.0 Å². The summed E-state index contributed by atoms with van der Waals surface area (Å²) in [7, 11) is 1.72. The van der Waals surface area contributed by atoms with E-state index in [4.69, 9.17) is 9.47 Å². The second-order valence-electron chi connectivity index (χ2n) is 7.01. The standard InChI is InChI=1S/C14H30N2O2.C4H10.C2H6/c1-13(2)16-8-6-15(7-9-16)10-11-18-14(3,4)12-17-5;1-3-4-2;1-2/h13H,6-12H2,1-5H3;3-4H2,1-2H3;1-2H3. The quantitative estimate of drug-likeness (QED) is 0.655. The third-order valence-electron chi connectivity index (χ3n) is 4.03. The first-order chi connectivity index (χ1) is 11.4. The lowest BCUT2D eigenvalue weighted by molar-refractivity contribution is -0.0716. The molecule has 24 heavy (non-hydrogen) atoms. The Hall–Kier alpha value is -0.160. The molecule has 0 unspecified atom stereocenters. The molecule has 0 aliphatic carbocycles. The summed E-state index contributed by atoms with van der Waals surface area (Å²) in [6.07, 6.45) is 2.64. The Morgan fingerprint density at radius 3 is 1.83 bits per heavy atom. The minimum Gasteiger partial charge on any atom is -0.382 e. The van der Waals surface area contributed by atoms with Gasteiger partial charge in [0.05, 0.1) is 18.8 Å². The Morgan fingerprint density at radius 1 is 0.958 bits per heavy atom. The van der Waals surface area contributed by atoms with Crippen molar-refractivity contribution in [3.63, 3.8) is 0 Å². The number of methoxy groups -OCH3 is 1. The molecule has 0 bridgehead atoms. The van der Waals surface area contributed by atoms with Crippen LogP contribution >= 0.6 is 0 Å². The SMILES string of the molecule is CC.CCCC.COCC(C)(C)OCCN1CCN(C(C)C)CC1. The first-order valence-corrected chi connectivity index (χ1v) is 9.95. The van der Waals surface area contributed by atoms with Gasteiger partial charge in [0.2, 0.25) is 0 Å². The summed E-state index contributed by atoms with van der Waals surface area (Å²) in [6.45, 7) is 24.2. The Kier molecular flexibility index (Phi) is 17.7. The summed E-state index contributed by atoms with van der Waals surface area (Å²) in [5.41, 5.74) is -0.172. The van der Waals surface area contributed by atoms with E-state index in [1.165, 1.54) is 25.9 Å². The highest BCUT2D eigenvalue weighted by Crippen LogP contribution is 2.10. The van der Waals surface area contributed by atoms with Gasteiger partial charge >= 0.3 is 0 Å². The van der Waals surface area contributed by atoms with Crippen molar-refractivity contribution in [1.29, 1.82) is 0 Å². The van der Waals surface area contributed by atoms with E-state index in [0.717, 1.165) is 26.2 Å². The van der Waals surface area contributed by atoms with Crippen molar-refractivity contribution in [3.05, 3.63) is 0 Å². The molecule has 148 valence electrons. The van der Waals surface area contributed by atoms with Gasteiger partial charge in [-0.1, -0.05) is 40.5 Å². The van der Waals surface area contributed by atoms with Crippen molar-refractivity contribution < 1.29 is 9.47 Å². The molecule has 1 fully saturated rings. The van der Waals surface area contributed by atoms with Crippen LogP contribution in [0.2, 0.25) is 0 Å². The Morgan fingerprint density at radius 2 is 1.46 bits per heavy atom. The van der Waals surface area contributed by atoms with Gasteiger partial charge in [0.1, 0.15) is 0 Å². The fourth-order valence-electron chi connectivity index (χ4n) is 2.34. The topological polar surface area (TPSA) is 24.9 Å². The first-order valence-electron chi connectivity index (χ1n) is 9.95. The maximum atomic E-state index is 5.87. The zero-order valence-corrected chi connectivity index (χ0v) is 18.2. The highest BCUT2D eigenvalue weighted by Gasteiger charge is 2.21. The van der Waals surface area contributed by atoms with Crippen LogP contribution in [0.15, 0.2) is 0 Å². The third-order valence-corrected chi connectivity index (χ3v) is 4.03. The lowest BCUT2D eigenvalue weighted by Gasteiger charge is -2.37. The van der Waals surface area contributed by atoms with Crippen molar-refractivity contribution in [2.24, 2.45) is 0 Å². The summed E-state index contributed by atoms with van der Waals surface area (Å²) in [5.74, 6) is 0. The molecule has 1 aliphatic rings. The van der Waals surface area contributed by atoms with Crippen LogP contribution in [0.4, 0.5) is 0 Å². The van der Waals surface area contributed by atoms with E-state index in [2.05, 4.69) is 51.3 Å². The van der Waals surface area contributed by atoms with Crippen LogP contribution in [-0.2, 0) is 9.47 Å². The van der Waals surface area contributed by atoms with E-state index in [0.29, 0.717) is 12.6 Å². The number of ether oxygens (including phenoxy) is 2. The molecule has 0 N–H and O–H groups in total. The van der Waals surface area contributed by atoms with Gasteiger partial charge in [0.25, 0.3) is 0 Å². The van der Waals surface area contributed by atoms with E-state index < -0.39 is 0 Å². The number of unbranched alkanes of at least 4 members (excludes halogenated alkanes) is 1. The zero-order valence-electron chi connectivity index (χ0n) is 18.2. The molecule has 0 radical (unpaired) electrons. The normalized spacial score (nSPS) is 16.2. The molecule has 4 heteroatoms. The smallest absolute Gasteiger partial charge is 0.0859 e. The van der Waals surface area contributed by atoms with E-state index in [-0.39, 0.29) is 5.60 Å². The molecule has 1 saturated heterocycles. The lowest BCUT2D eigenvalue weighted by Crippen LogP contribution is -2.49. The van der Waals surface area contributed by atoms with E-state index in [1.54, 1.807) is 7.11 Å². The molecule has 1 aliphatic heterocycles. The average Bonchev–Trinajstić information content (AvgIpc) is 2.57. The van der Waals surface area contributed by atoms with Gasteiger partial charge in [-0.2, -0.15) is 0 Å². The number of hydrogen-bond donors (Lipinski definition) is 0. The minimum absolute atomic E-state index is 0.172. The second kappa shape index (κ2) is 16.3. The lowest BCUT2D eigenvalue weighted by atomic mass is 10.1. The number of rotatable bonds is 8. The monoisotopic (exact) mass is 346 g/mol. The van der Waals surface area contributed by atoms with Gasteiger partial charge in [-0.3, -0.25) is 9.80 Å². The van der Waals surface area contributed by atoms with Gasteiger partial charge in [0.15, 0.2) is 0 Å². The summed E-state index contributed by atoms with van der Waals surface area (Å²) in [5, 5.41) is 0. The van der Waals surface area contributed by atoms with Gasteiger partial charge < -0.3 is 9.47 Å². The Balaban J connectivity index is 0. The van der Waals surface area contributed by atoms with Crippen LogP contribution in [0.1, 0.15) is 68.2 Å². The van der Waals surface area contributed by atoms with E-state index in [9.17, 15) is 0 Å². The van der Waals surface area contributed by atoms with Crippen molar-refractivity contribution in [1.82, 2.24) is 9.80 Å². The molecule has 4 nitrogen and oxygen atoms in total. The van der Waals surface area contributed by atoms with Gasteiger partial charge in [-0.05, 0) is 27.7 Å². The first kappa shape index (κ1) is 26.1. The predicted octanol–water partition coefficient (Wildman–Crippen LogP) is 4.29. The third kappa shape index (κ3) is 14.2. The summed E-state index contributed by atoms with van der Waals surface area (Å²) < 4.78 is 11.0. The van der Waals surface area contributed by atoms with Crippen molar-refractivity contribution >= 4 is 0 Å². The fraction of sp³-hybridized carbons (Fsp3) is 1.00. The molecular weight excluding hydrogens is 300 g/mol. The van der Waals surface area contributed by atoms with Crippen LogP contribution in [0.3, 0.4) is 0 Å². The molecular formula is C20H46N2O2. The van der Waals surface area contributed by atoms with Gasteiger partial charge in [-0.25, -0.2) is 0 Å². The van der Waals surface area contributed by atoms with Crippen LogP contribution in [0, 0.1) is 0 Å². The molecule has 0 atom stereocenters. The largest absolute Gasteiger partial charge is 0.382 e. The summed E-state index contributed by atoms with van der Waals surface area (Å²) in [4.78, 5) is 5.02.